The van der Waals surface area contributed by atoms with Gasteiger partial charge in [-0.25, -0.2) is 0 Å². The molecule has 2 unspecified atom stereocenters. The molecule has 3 aliphatic carbocycles. The summed E-state index contributed by atoms with van der Waals surface area (Å²) in [6.07, 6.45) is 16.3. The zero-order valence-electron chi connectivity index (χ0n) is 11.6. The molecule has 2 atom stereocenters. The molecule has 1 radical (unpaired) electrons. The molecule has 0 saturated heterocycles. The summed E-state index contributed by atoms with van der Waals surface area (Å²) in [7, 11) is -2.50. The summed E-state index contributed by atoms with van der Waals surface area (Å²) in [5, 5.41) is 0.496. The quantitative estimate of drug-likeness (QED) is 0.289. The van der Waals surface area contributed by atoms with Crippen LogP contribution in [-0.2, 0) is 30.8 Å². The molecule has 0 fully saturated rings. The third-order valence-electron chi connectivity index (χ3n) is 3.91. The molecule has 3 rings (SSSR count). The minimum Gasteiger partial charge on any atom is -1.00 e. The number of allylic oxidation sites excluding steroid dienone is 8. The SMILES string of the molecule is O=[P+]([O-])C1=CC(C2=CCCC2)[C-]=C1C1=CCCC1.[Cl-].[Cl-].[Zr+3]. The van der Waals surface area contributed by atoms with Crippen LogP contribution in [0, 0.1) is 12.0 Å². The third-order valence-corrected chi connectivity index (χ3v) is 4.68. The Kier molecular flexibility index (Phi) is 9.80. The second kappa shape index (κ2) is 9.58. The molecule has 6 heteroatoms. The van der Waals surface area contributed by atoms with Crippen molar-refractivity contribution in [2.45, 2.75) is 38.5 Å². The number of hydrogen-bond donors (Lipinski definition) is 0. The van der Waals surface area contributed by atoms with Gasteiger partial charge in [0.15, 0.2) is 0 Å². The van der Waals surface area contributed by atoms with E-state index >= 15 is 0 Å². The summed E-state index contributed by atoms with van der Waals surface area (Å²) in [6.45, 7) is 0. The van der Waals surface area contributed by atoms with Crippen LogP contribution in [0.3, 0.4) is 0 Å². The van der Waals surface area contributed by atoms with Crippen LogP contribution < -0.4 is 29.7 Å². The maximum absolute atomic E-state index is 11.4. The Morgan fingerprint density at radius 1 is 1.14 bits per heavy atom. The maximum Gasteiger partial charge on any atom is 3.00 e. The Balaban J connectivity index is 0.00000133. The van der Waals surface area contributed by atoms with Crippen molar-refractivity contribution in [2.75, 3.05) is 0 Å². The molecule has 111 valence electrons. The van der Waals surface area contributed by atoms with Gasteiger partial charge in [-0.3, -0.25) is 0 Å². The van der Waals surface area contributed by atoms with Crippen molar-refractivity contribution in [1.29, 1.82) is 0 Å². The van der Waals surface area contributed by atoms with Gasteiger partial charge < -0.3 is 29.7 Å². The standard InChI is InChI=1S/C15H16O2P.2ClH.Zr/c16-18(17)15-10-13(11-5-1-2-6-11)9-14(15)12-7-3-4-8-12;;;/h5,7,10,13H,1-4,6,8H2;2*1H;/q-1;;;+3/p-2. The van der Waals surface area contributed by atoms with E-state index in [0.29, 0.717) is 5.31 Å². The minimum absolute atomic E-state index is 0. The normalized spacial score (nSPS) is 23.9. The molecule has 0 amide bonds. The van der Waals surface area contributed by atoms with Gasteiger partial charge in [0.1, 0.15) is 0 Å². The van der Waals surface area contributed by atoms with Gasteiger partial charge in [-0.1, -0.05) is 35.1 Å². The summed E-state index contributed by atoms with van der Waals surface area (Å²) in [6, 6.07) is 0. The molecular weight excluding hydrogens is 405 g/mol. The van der Waals surface area contributed by atoms with E-state index in [-0.39, 0.29) is 56.9 Å². The molecule has 0 N–H and O–H groups in total. The van der Waals surface area contributed by atoms with Crippen molar-refractivity contribution < 1.29 is 60.5 Å². The summed E-state index contributed by atoms with van der Waals surface area (Å²) >= 11 is 0. The van der Waals surface area contributed by atoms with Crippen LogP contribution in [0.15, 0.2) is 40.3 Å². The maximum atomic E-state index is 11.4. The Morgan fingerprint density at radius 2 is 1.81 bits per heavy atom. The van der Waals surface area contributed by atoms with Gasteiger partial charge in [0.05, 0.1) is 5.31 Å². The average molecular weight is 421 g/mol. The van der Waals surface area contributed by atoms with Gasteiger partial charge in [0.25, 0.3) is 8.03 Å². The Morgan fingerprint density at radius 3 is 2.33 bits per heavy atom. The molecule has 2 nitrogen and oxygen atoms in total. The van der Waals surface area contributed by atoms with E-state index in [9.17, 15) is 9.46 Å². The molecule has 0 aromatic rings. The first kappa shape index (κ1) is 21.5. The summed E-state index contributed by atoms with van der Waals surface area (Å²) in [5.41, 5.74) is 3.39. The van der Waals surface area contributed by atoms with Crippen LogP contribution >= 0.6 is 8.03 Å². The summed E-state index contributed by atoms with van der Waals surface area (Å²) < 4.78 is 11.4. The Bertz CT molecular complexity index is 524. The Hall–Kier alpha value is 0.483. The van der Waals surface area contributed by atoms with Gasteiger partial charge >= 0.3 is 26.2 Å². The van der Waals surface area contributed by atoms with E-state index in [2.05, 4.69) is 18.2 Å². The molecule has 3 aliphatic rings. The van der Waals surface area contributed by atoms with Gasteiger partial charge in [0, 0.05) is 0 Å². The molecular formula is C15H16Cl2O2PZr. The molecule has 21 heavy (non-hydrogen) atoms. The van der Waals surface area contributed by atoms with Crippen molar-refractivity contribution in [3.05, 3.63) is 46.3 Å². The van der Waals surface area contributed by atoms with Crippen molar-refractivity contribution in [1.82, 2.24) is 0 Å². The van der Waals surface area contributed by atoms with Crippen molar-refractivity contribution in [3.8, 4) is 0 Å². The van der Waals surface area contributed by atoms with Gasteiger partial charge in [-0.05, 0) is 31.6 Å². The van der Waals surface area contributed by atoms with Gasteiger partial charge in [-0.15, -0.1) is 17.2 Å². The van der Waals surface area contributed by atoms with Gasteiger partial charge in [-0.2, -0.15) is 6.08 Å². The zero-order valence-corrected chi connectivity index (χ0v) is 16.4. The smallest absolute Gasteiger partial charge is 1.00 e. The molecule has 0 bridgehead atoms. The van der Waals surface area contributed by atoms with Crippen molar-refractivity contribution in [3.63, 3.8) is 0 Å². The summed E-state index contributed by atoms with van der Waals surface area (Å²) in [4.78, 5) is 11.4. The van der Waals surface area contributed by atoms with E-state index in [4.69, 9.17) is 0 Å². The first-order valence-corrected chi connectivity index (χ1v) is 7.82. The van der Waals surface area contributed by atoms with Crippen LogP contribution in [-0.4, -0.2) is 0 Å². The molecule has 0 heterocycles. The van der Waals surface area contributed by atoms with Crippen molar-refractivity contribution >= 4 is 8.03 Å². The monoisotopic (exact) mass is 419 g/mol. The predicted molar refractivity (Wildman–Crippen MR) is 69.8 cm³/mol. The predicted octanol–water partition coefficient (Wildman–Crippen LogP) is -2.44. The first-order chi connectivity index (χ1) is 8.75. The van der Waals surface area contributed by atoms with E-state index < -0.39 is 8.03 Å². The van der Waals surface area contributed by atoms with Crippen LogP contribution in [0.25, 0.3) is 0 Å². The van der Waals surface area contributed by atoms with E-state index in [1.165, 1.54) is 17.6 Å². The van der Waals surface area contributed by atoms with E-state index in [1.807, 2.05) is 6.08 Å². The molecule has 0 spiro atoms. The molecule has 0 aliphatic heterocycles. The Labute approximate surface area is 158 Å². The van der Waals surface area contributed by atoms with Crippen LogP contribution in [0.5, 0.6) is 0 Å². The average Bonchev–Trinajstić information content (AvgIpc) is 3.10. The van der Waals surface area contributed by atoms with Crippen LogP contribution in [0.4, 0.5) is 0 Å². The van der Waals surface area contributed by atoms with Crippen LogP contribution in [0.1, 0.15) is 38.5 Å². The fourth-order valence-corrected chi connectivity index (χ4v) is 3.66. The topological polar surface area (TPSA) is 40.1 Å². The van der Waals surface area contributed by atoms with Crippen molar-refractivity contribution in [2.24, 2.45) is 5.92 Å². The molecule has 0 aromatic heterocycles. The van der Waals surface area contributed by atoms with Gasteiger partial charge in [0.2, 0.25) is 0 Å². The van der Waals surface area contributed by atoms with E-state index in [1.54, 1.807) is 0 Å². The number of hydrogen-bond acceptors (Lipinski definition) is 2. The third kappa shape index (κ3) is 4.73. The largest absolute Gasteiger partial charge is 3.00 e. The van der Waals surface area contributed by atoms with E-state index in [0.717, 1.165) is 37.7 Å². The second-order valence-corrected chi connectivity index (χ2v) is 6.09. The number of halogens is 2. The molecule has 0 aromatic carbocycles. The first-order valence-electron chi connectivity index (χ1n) is 6.64. The second-order valence-electron chi connectivity index (χ2n) is 5.10. The summed E-state index contributed by atoms with van der Waals surface area (Å²) in [5.74, 6) is 0.104. The minimum atomic E-state index is -2.50. The fraction of sp³-hybridized carbons (Fsp3) is 0.467. The van der Waals surface area contributed by atoms with Crippen LogP contribution in [0.2, 0.25) is 0 Å². The number of rotatable bonds is 3. The molecule has 0 saturated carbocycles. The fourth-order valence-electron chi connectivity index (χ4n) is 3.00. The zero-order chi connectivity index (χ0) is 12.5.